The molecular weight excluding hydrogens is 228 g/mol. The van der Waals surface area contributed by atoms with E-state index in [-0.39, 0.29) is 5.41 Å². The molecule has 0 bridgehead atoms. The highest BCUT2D eigenvalue weighted by molar-refractivity contribution is 9.10. The van der Waals surface area contributed by atoms with Crippen molar-refractivity contribution in [1.82, 2.24) is 4.98 Å². The predicted molar refractivity (Wildman–Crippen MR) is 58.5 cm³/mol. The predicted octanol–water partition coefficient (Wildman–Crippen LogP) is 2.37. The van der Waals surface area contributed by atoms with Gasteiger partial charge in [0.05, 0.1) is 5.69 Å². The molecule has 2 N–H and O–H groups in total. The minimum Gasteiger partial charge on any atom is -0.330 e. The summed E-state index contributed by atoms with van der Waals surface area (Å²) < 4.78 is 1.07. The molecule has 2 nitrogen and oxygen atoms in total. The Balaban J connectivity index is 2.80. The van der Waals surface area contributed by atoms with Crippen LogP contribution in [0.1, 0.15) is 19.5 Å². The first-order valence-corrected chi connectivity index (χ1v) is 5.14. The van der Waals surface area contributed by atoms with Gasteiger partial charge in [0.15, 0.2) is 0 Å². The van der Waals surface area contributed by atoms with Crippen LogP contribution in [0.2, 0.25) is 0 Å². The molecule has 0 aromatic carbocycles. The molecule has 0 unspecified atom stereocenters. The number of nitrogens with zero attached hydrogens (tertiary/aromatic N) is 1. The highest BCUT2D eigenvalue weighted by Crippen LogP contribution is 2.23. The van der Waals surface area contributed by atoms with Crippen LogP contribution in [0.5, 0.6) is 0 Å². The lowest BCUT2D eigenvalue weighted by atomic mass is 9.88. The van der Waals surface area contributed by atoms with E-state index in [1.807, 2.05) is 18.3 Å². The van der Waals surface area contributed by atoms with Crippen molar-refractivity contribution < 1.29 is 0 Å². The molecule has 0 atom stereocenters. The van der Waals surface area contributed by atoms with Crippen LogP contribution >= 0.6 is 15.9 Å². The van der Waals surface area contributed by atoms with E-state index >= 15 is 0 Å². The van der Waals surface area contributed by atoms with Crippen LogP contribution < -0.4 is 5.73 Å². The summed E-state index contributed by atoms with van der Waals surface area (Å²) in [4.78, 5) is 4.31. The van der Waals surface area contributed by atoms with Gasteiger partial charge in [0.25, 0.3) is 0 Å². The number of pyridine rings is 1. The fraction of sp³-hybridized carbons (Fsp3) is 0.500. The van der Waals surface area contributed by atoms with Crippen LogP contribution in [0.4, 0.5) is 0 Å². The Morgan fingerprint density at radius 2 is 2.23 bits per heavy atom. The first kappa shape index (κ1) is 10.7. The average Bonchev–Trinajstić information content (AvgIpc) is 2.09. The summed E-state index contributed by atoms with van der Waals surface area (Å²) in [6.45, 7) is 4.97. The summed E-state index contributed by atoms with van der Waals surface area (Å²) in [7, 11) is 0. The largest absolute Gasteiger partial charge is 0.330 e. The van der Waals surface area contributed by atoms with Gasteiger partial charge >= 0.3 is 0 Å². The monoisotopic (exact) mass is 242 g/mol. The summed E-state index contributed by atoms with van der Waals surface area (Å²) in [5.41, 5.74) is 6.86. The zero-order chi connectivity index (χ0) is 9.90. The molecule has 0 radical (unpaired) electrons. The molecule has 3 heteroatoms. The van der Waals surface area contributed by atoms with Gasteiger partial charge in [-0.1, -0.05) is 13.8 Å². The fourth-order valence-electron chi connectivity index (χ4n) is 1.07. The van der Waals surface area contributed by atoms with Crippen LogP contribution in [-0.4, -0.2) is 11.5 Å². The van der Waals surface area contributed by atoms with Crippen molar-refractivity contribution in [1.29, 1.82) is 0 Å². The van der Waals surface area contributed by atoms with E-state index in [9.17, 15) is 0 Å². The van der Waals surface area contributed by atoms with Crippen molar-refractivity contribution in [2.75, 3.05) is 6.54 Å². The first-order valence-electron chi connectivity index (χ1n) is 4.35. The molecule has 72 valence electrons. The Labute approximate surface area is 87.7 Å². The molecule has 13 heavy (non-hydrogen) atoms. The Morgan fingerprint density at radius 1 is 1.54 bits per heavy atom. The highest BCUT2D eigenvalue weighted by Gasteiger charge is 2.18. The van der Waals surface area contributed by atoms with E-state index < -0.39 is 0 Å². The van der Waals surface area contributed by atoms with Gasteiger partial charge < -0.3 is 5.73 Å². The van der Waals surface area contributed by atoms with Crippen molar-refractivity contribution >= 4 is 15.9 Å². The second-order valence-electron chi connectivity index (χ2n) is 3.98. The quantitative estimate of drug-likeness (QED) is 0.885. The van der Waals surface area contributed by atoms with Crippen molar-refractivity contribution in [2.24, 2.45) is 11.1 Å². The summed E-state index contributed by atoms with van der Waals surface area (Å²) in [5.74, 6) is 0. The molecule has 1 rings (SSSR count). The maximum absolute atomic E-state index is 5.66. The van der Waals surface area contributed by atoms with Gasteiger partial charge in [-0.15, -0.1) is 0 Å². The van der Waals surface area contributed by atoms with Crippen LogP contribution in [0.25, 0.3) is 0 Å². The maximum Gasteiger partial charge on any atom is 0.0551 e. The summed E-state index contributed by atoms with van der Waals surface area (Å²) in [6, 6.07) is 3.93. The lowest BCUT2D eigenvalue weighted by Crippen LogP contribution is -2.26. The number of nitrogens with two attached hydrogens (primary N) is 1. The Bertz CT molecular complexity index is 284. The van der Waals surface area contributed by atoms with Crippen LogP contribution in [0.3, 0.4) is 0 Å². The number of aromatic nitrogens is 1. The summed E-state index contributed by atoms with van der Waals surface area (Å²) in [5, 5.41) is 0. The zero-order valence-electron chi connectivity index (χ0n) is 8.05. The van der Waals surface area contributed by atoms with E-state index in [1.54, 1.807) is 0 Å². The third-order valence-corrected chi connectivity index (χ3v) is 2.76. The normalized spacial score (nSPS) is 11.7. The lowest BCUT2D eigenvalue weighted by Gasteiger charge is -2.21. The molecular formula is C10H15BrN2. The van der Waals surface area contributed by atoms with Gasteiger partial charge in [-0.2, -0.15) is 0 Å². The van der Waals surface area contributed by atoms with Crippen molar-refractivity contribution in [3.8, 4) is 0 Å². The molecule has 0 saturated heterocycles. The molecule has 0 amide bonds. The van der Waals surface area contributed by atoms with Crippen LogP contribution in [-0.2, 0) is 6.42 Å². The first-order chi connectivity index (χ1) is 6.05. The van der Waals surface area contributed by atoms with Crippen LogP contribution in [0, 0.1) is 5.41 Å². The van der Waals surface area contributed by atoms with E-state index in [4.69, 9.17) is 5.73 Å². The minimum absolute atomic E-state index is 0.122. The molecule has 0 spiro atoms. The topological polar surface area (TPSA) is 38.9 Å². The minimum atomic E-state index is 0.122. The van der Waals surface area contributed by atoms with E-state index in [2.05, 4.69) is 34.8 Å². The molecule has 1 aromatic rings. The second-order valence-corrected chi connectivity index (χ2v) is 4.83. The SMILES string of the molecule is CC(C)(CN)Cc1ncccc1Br. The zero-order valence-corrected chi connectivity index (χ0v) is 9.63. The molecule has 1 heterocycles. The number of hydrogen-bond acceptors (Lipinski definition) is 2. The van der Waals surface area contributed by atoms with E-state index in [0.29, 0.717) is 6.54 Å². The van der Waals surface area contributed by atoms with Gasteiger partial charge in [0.1, 0.15) is 0 Å². The smallest absolute Gasteiger partial charge is 0.0551 e. The van der Waals surface area contributed by atoms with Gasteiger partial charge in [-0.3, -0.25) is 4.98 Å². The molecule has 0 aliphatic rings. The Kier molecular flexibility index (Phi) is 3.45. The van der Waals surface area contributed by atoms with Gasteiger partial charge in [-0.25, -0.2) is 0 Å². The van der Waals surface area contributed by atoms with Crippen molar-refractivity contribution in [2.45, 2.75) is 20.3 Å². The highest BCUT2D eigenvalue weighted by atomic mass is 79.9. The summed E-state index contributed by atoms with van der Waals surface area (Å²) >= 11 is 3.47. The molecule has 0 aliphatic heterocycles. The molecule has 0 fully saturated rings. The van der Waals surface area contributed by atoms with Crippen molar-refractivity contribution in [3.05, 3.63) is 28.5 Å². The van der Waals surface area contributed by atoms with Crippen molar-refractivity contribution in [3.63, 3.8) is 0 Å². The number of hydrogen-bond donors (Lipinski definition) is 1. The molecule has 0 saturated carbocycles. The average molecular weight is 243 g/mol. The number of halogens is 1. The van der Waals surface area contributed by atoms with Gasteiger partial charge in [0.2, 0.25) is 0 Å². The number of rotatable bonds is 3. The maximum atomic E-state index is 5.66. The lowest BCUT2D eigenvalue weighted by molar-refractivity contribution is 0.372. The molecule has 0 aliphatic carbocycles. The second kappa shape index (κ2) is 4.20. The Morgan fingerprint density at radius 3 is 2.77 bits per heavy atom. The third-order valence-electron chi connectivity index (χ3n) is 2.03. The summed E-state index contributed by atoms with van der Waals surface area (Å²) in [6.07, 6.45) is 2.72. The van der Waals surface area contributed by atoms with Crippen LogP contribution in [0.15, 0.2) is 22.8 Å². The van der Waals surface area contributed by atoms with Gasteiger partial charge in [0, 0.05) is 10.7 Å². The third kappa shape index (κ3) is 3.08. The fourth-order valence-corrected chi connectivity index (χ4v) is 1.47. The van der Waals surface area contributed by atoms with E-state index in [1.165, 1.54) is 0 Å². The van der Waals surface area contributed by atoms with Gasteiger partial charge in [-0.05, 0) is 46.4 Å². The Hall–Kier alpha value is -0.410. The standard InChI is InChI=1S/C10H15BrN2/c1-10(2,7-12)6-9-8(11)4-3-5-13-9/h3-5H,6-7,12H2,1-2H3. The van der Waals surface area contributed by atoms with E-state index in [0.717, 1.165) is 16.6 Å². The molecule has 1 aromatic heterocycles.